The first kappa shape index (κ1) is 17.0. The summed E-state index contributed by atoms with van der Waals surface area (Å²) in [5, 5.41) is 10.1. The molecule has 0 fully saturated rings. The van der Waals surface area contributed by atoms with Crippen LogP contribution in [0.1, 0.15) is 19.4 Å². The molecule has 0 radical (unpaired) electrons. The first-order valence-corrected chi connectivity index (χ1v) is 8.19. The van der Waals surface area contributed by atoms with Gasteiger partial charge in [0.15, 0.2) is 0 Å². The molecule has 1 N–H and O–H groups in total. The van der Waals surface area contributed by atoms with Gasteiger partial charge in [-0.1, -0.05) is 18.2 Å². The van der Waals surface area contributed by atoms with Crippen LogP contribution in [0.15, 0.2) is 72.9 Å². The standard InChI is InChI=1S/C21H22N2O2/c1-21(2,24)16-7-9-17(10-8-16)23(3)18-11-13-19(14-12-18)25-20-6-4-5-15-22-20/h4-15,24H,1-3H3. The van der Waals surface area contributed by atoms with Crippen molar-refractivity contribution in [3.63, 3.8) is 0 Å². The van der Waals surface area contributed by atoms with E-state index in [9.17, 15) is 5.11 Å². The Kier molecular flexibility index (Phi) is 4.72. The van der Waals surface area contributed by atoms with Crippen molar-refractivity contribution >= 4 is 11.4 Å². The molecule has 1 heterocycles. The van der Waals surface area contributed by atoms with Crippen LogP contribution >= 0.6 is 0 Å². The molecule has 2 aromatic carbocycles. The van der Waals surface area contributed by atoms with Crippen molar-refractivity contribution in [3.05, 3.63) is 78.5 Å². The van der Waals surface area contributed by atoms with Gasteiger partial charge in [0.05, 0.1) is 5.60 Å². The second-order valence-corrected chi connectivity index (χ2v) is 6.43. The summed E-state index contributed by atoms with van der Waals surface area (Å²) in [4.78, 5) is 6.24. The Morgan fingerprint density at radius 3 is 2.00 bits per heavy atom. The lowest BCUT2D eigenvalue weighted by atomic mass is 9.98. The van der Waals surface area contributed by atoms with Crippen LogP contribution in [0.25, 0.3) is 0 Å². The highest BCUT2D eigenvalue weighted by Crippen LogP contribution is 2.29. The lowest BCUT2D eigenvalue weighted by Crippen LogP contribution is -2.16. The monoisotopic (exact) mass is 334 g/mol. The maximum atomic E-state index is 10.1. The van der Waals surface area contributed by atoms with E-state index in [-0.39, 0.29) is 0 Å². The summed E-state index contributed by atoms with van der Waals surface area (Å²) in [7, 11) is 2.01. The third kappa shape index (κ3) is 4.17. The van der Waals surface area contributed by atoms with Crippen molar-refractivity contribution in [2.24, 2.45) is 0 Å². The Morgan fingerprint density at radius 1 is 0.880 bits per heavy atom. The van der Waals surface area contributed by atoms with Gasteiger partial charge in [0, 0.05) is 30.7 Å². The molecule has 0 saturated carbocycles. The lowest BCUT2D eigenvalue weighted by molar-refractivity contribution is 0.0786. The van der Waals surface area contributed by atoms with E-state index >= 15 is 0 Å². The number of aliphatic hydroxyl groups is 1. The Hall–Kier alpha value is -2.85. The van der Waals surface area contributed by atoms with E-state index in [2.05, 4.69) is 9.88 Å². The largest absolute Gasteiger partial charge is 0.439 e. The Labute approximate surface area is 148 Å². The molecule has 1 aromatic heterocycles. The average Bonchev–Trinajstić information content (AvgIpc) is 2.62. The maximum Gasteiger partial charge on any atom is 0.219 e. The third-order valence-electron chi connectivity index (χ3n) is 4.05. The molecule has 128 valence electrons. The molecule has 0 unspecified atom stereocenters. The molecule has 4 heteroatoms. The van der Waals surface area contributed by atoms with Crippen LogP contribution in [-0.4, -0.2) is 17.1 Å². The molecule has 0 aliphatic rings. The van der Waals surface area contributed by atoms with E-state index in [0.717, 1.165) is 22.7 Å². The summed E-state index contributed by atoms with van der Waals surface area (Å²) in [6.45, 7) is 3.57. The van der Waals surface area contributed by atoms with Gasteiger partial charge >= 0.3 is 0 Å². The molecule has 0 spiro atoms. The van der Waals surface area contributed by atoms with Crippen molar-refractivity contribution < 1.29 is 9.84 Å². The van der Waals surface area contributed by atoms with Gasteiger partial charge in [0.25, 0.3) is 0 Å². The predicted molar refractivity (Wildman–Crippen MR) is 101 cm³/mol. The first-order chi connectivity index (χ1) is 11.9. The summed E-state index contributed by atoms with van der Waals surface area (Å²) in [6.07, 6.45) is 1.70. The molecule has 25 heavy (non-hydrogen) atoms. The summed E-state index contributed by atoms with van der Waals surface area (Å²) in [6, 6.07) is 21.3. The van der Waals surface area contributed by atoms with Gasteiger partial charge in [-0.15, -0.1) is 0 Å². The van der Waals surface area contributed by atoms with Crippen molar-refractivity contribution in [2.75, 3.05) is 11.9 Å². The number of aromatic nitrogens is 1. The van der Waals surface area contributed by atoms with Gasteiger partial charge in [-0.3, -0.25) is 0 Å². The number of benzene rings is 2. The van der Waals surface area contributed by atoms with Crippen molar-refractivity contribution in [2.45, 2.75) is 19.4 Å². The zero-order valence-corrected chi connectivity index (χ0v) is 14.7. The second-order valence-electron chi connectivity index (χ2n) is 6.43. The van der Waals surface area contributed by atoms with Gasteiger partial charge in [0.1, 0.15) is 5.75 Å². The molecule has 0 aliphatic carbocycles. The fourth-order valence-corrected chi connectivity index (χ4v) is 2.51. The summed E-state index contributed by atoms with van der Waals surface area (Å²) < 4.78 is 5.71. The highest BCUT2D eigenvalue weighted by atomic mass is 16.5. The van der Waals surface area contributed by atoms with E-state index < -0.39 is 5.60 Å². The minimum absolute atomic E-state index is 0.575. The fraction of sp³-hybridized carbons (Fsp3) is 0.190. The van der Waals surface area contributed by atoms with Gasteiger partial charge in [-0.05, 0) is 61.9 Å². The lowest BCUT2D eigenvalue weighted by Gasteiger charge is -2.22. The maximum absolute atomic E-state index is 10.1. The topological polar surface area (TPSA) is 45.6 Å². The van der Waals surface area contributed by atoms with Crippen molar-refractivity contribution in [1.82, 2.24) is 4.98 Å². The van der Waals surface area contributed by atoms with Crippen LogP contribution in [0.2, 0.25) is 0 Å². The molecule has 3 rings (SSSR count). The number of anilines is 2. The molecule has 0 saturated heterocycles. The predicted octanol–water partition coefficient (Wildman–Crippen LogP) is 4.87. The highest BCUT2D eigenvalue weighted by molar-refractivity contribution is 5.63. The molecule has 0 atom stereocenters. The van der Waals surface area contributed by atoms with Gasteiger partial charge in [-0.2, -0.15) is 0 Å². The minimum atomic E-state index is -0.832. The molecular formula is C21H22N2O2. The first-order valence-electron chi connectivity index (χ1n) is 8.19. The average molecular weight is 334 g/mol. The number of ether oxygens (including phenoxy) is 1. The normalized spacial score (nSPS) is 11.2. The number of rotatable bonds is 5. The number of hydrogen-bond donors (Lipinski definition) is 1. The van der Waals surface area contributed by atoms with Crippen LogP contribution in [0, 0.1) is 0 Å². The van der Waals surface area contributed by atoms with Crippen LogP contribution in [0.5, 0.6) is 11.6 Å². The smallest absolute Gasteiger partial charge is 0.219 e. The molecule has 0 aliphatic heterocycles. The molecule has 3 aromatic rings. The van der Waals surface area contributed by atoms with E-state index in [1.807, 2.05) is 73.8 Å². The summed E-state index contributed by atoms with van der Waals surface area (Å²) >= 11 is 0. The second kappa shape index (κ2) is 6.95. The van der Waals surface area contributed by atoms with Crippen molar-refractivity contribution in [1.29, 1.82) is 0 Å². The van der Waals surface area contributed by atoms with E-state index in [1.54, 1.807) is 20.0 Å². The van der Waals surface area contributed by atoms with Crippen LogP contribution < -0.4 is 9.64 Å². The van der Waals surface area contributed by atoms with Crippen LogP contribution in [0.3, 0.4) is 0 Å². The van der Waals surface area contributed by atoms with Gasteiger partial charge in [-0.25, -0.2) is 4.98 Å². The zero-order valence-electron chi connectivity index (χ0n) is 14.7. The summed E-state index contributed by atoms with van der Waals surface area (Å²) in [5.41, 5.74) is 2.15. The number of nitrogens with zero attached hydrogens (tertiary/aromatic N) is 2. The molecule has 0 amide bonds. The number of hydrogen-bond acceptors (Lipinski definition) is 4. The van der Waals surface area contributed by atoms with Gasteiger partial charge < -0.3 is 14.7 Å². The molecule has 0 bridgehead atoms. The van der Waals surface area contributed by atoms with Gasteiger partial charge in [0.2, 0.25) is 5.88 Å². The van der Waals surface area contributed by atoms with Crippen LogP contribution in [0.4, 0.5) is 11.4 Å². The van der Waals surface area contributed by atoms with Crippen molar-refractivity contribution in [3.8, 4) is 11.6 Å². The quantitative estimate of drug-likeness (QED) is 0.723. The summed E-state index contributed by atoms with van der Waals surface area (Å²) in [5.74, 6) is 1.32. The number of pyridine rings is 1. The Morgan fingerprint density at radius 2 is 1.48 bits per heavy atom. The Bertz CT molecular complexity index is 807. The fourth-order valence-electron chi connectivity index (χ4n) is 2.51. The zero-order chi connectivity index (χ0) is 17.9. The Balaban J connectivity index is 1.73. The van der Waals surface area contributed by atoms with Crippen LogP contribution in [-0.2, 0) is 5.60 Å². The molecule has 4 nitrogen and oxygen atoms in total. The molecular weight excluding hydrogens is 312 g/mol. The minimum Gasteiger partial charge on any atom is -0.439 e. The SMILES string of the molecule is CN(c1ccc(Oc2ccccn2)cc1)c1ccc(C(C)(C)O)cc1. The van der Waals surface area contributed by atoms with E-state index in [4.69, 9.17) is 4.74 Å². The van der Waals surface area contributed by atoms with E-state index in [1.165, 1.54) is 0 Å². The van der Waals surface area contributed by atoms with E-state index in [0.29, 0.717) is 5.88 Å². The highest BCUT2D eigenvalue weighted by Gasteiger charge is 2.15. The third-order valence-corrected chi connectivity index (χ3v) is 4.05.